The third-order valence-corrected chi connectivity index (χ3v) is 3.87. The molecule has 1 aromatic rings. The fraction of sp³-hybridized carbons (Fsp3) is 0.600. The van der Waals surface area contributed by atoms with E-state index in [2.05, 4.69) is 37.4 Å². The number of hydrogen-bond acceptors (Lipinski definition) is 2. The van der Waals surface area contributed by atoms with Crippen molar-refractivity contribution >= 4 is 0 Å². The number of methoxy groups -OCH3 is 1. The van der Waals surface area contributed by atoms with E-state index in [4.69, 9.17) is 4.74 Å². The Balaban J connectivity index is 2.36. The lowest BCUT2D eigenvalue weighted by atomic mass is 9.82. The fourth-order valence-corrected chi connectivity index (χ4v) is 3.11. The number of hydrogen-bond donors (Lipinski definition) is 1. The van der Waals surface area contributed by atoms with E-state index in [1.807, 2.05) is 0 Å². The first kappa shape index (κ1) is 12.4. The Kier molecular flexibility index (Phi) is 3.72. The molecule has 2 rings (SSSR count). The molecule has 1 aromatic carbocycles. The van der Waals surface area contributed by atoms with Crippen LogP contribution in [-0.2, 0) is 5.54 Å². The number of nitrogens with one attached hydrogen (secondary N) is 1. The molecule has 0 aromatic heterocycles. The van der Waals surface area contributed by atoms with Gasteiger partial charge in [-0.05, 0) is 56.0 Å². The Morgan fingerprint density at radius 1 is 1.41 bits per heavy atom. The maximum absolute atomic E-state index is 5.29. The van der Waals surface area contributed by atoms with E-state index in [0.29, 0.717) is 0 Å². The fourth-order valence-electron chi connectivity index (χ4n) is 3.11. The van der Waals surface area contributed by atoms with Crippen LogP contribution in [0.5, 0.6) is 5.75 Å². The highest BCUT2D eigenvalue weighted by atomic mass is 16.5. The van der Waals surface area contributed by atoms with Gasteiger partial charge in [-0.2, -0.15) is 0 Å². The summed E-state index contributed by atoms with van der Waals surface area (Å²) in [4.78, 5) is 0. The molecule has 1 aliphatic rings. The van der Waals surface area contributed by atoms with Crippen LogP contribution in [0.2, 0.25) is 0 Å². The average Bonchev–Trinajstić information content (AvgIpc) is 2.79. The van der Waals surface area contributed by atoms with Crippen molar-refractivity contribution in [2.45, 2.75) is 45.1 Å². The van der Waals surface area contributed by atoms with E-state index in [9.17, 15) is 0 Å². The molecule has 1 aliphatic heterocycles. The van der Waals surface area contributed by atoms with E-state index < -0.39 is 0 Å². The molecule has 0 radical (unpaired) electrons. The second-order valence-corrected chi connectivity index (χ2v) is 5.04. The standard InChI is InChI=1S/C15H23NO/c1-4-8-15(9-5-10-16-15)14-7-6-13(17-3)11-12(14)2/h6-7,11,16H,4-5,8-10H2,1-3H3. The predicted molar refractivity (Wildman–Crippen MR) is 71.6 cm³/mol. The lowest BCUT2D eigenvalue weighted by Crippen LogP contribution is -2.37. The lowest BCUT2D eigenvalue weighted by molar-refractivity contribution is 0.353. The number of ether oxygens (including phenoxy) is 1. The summed E-state index contributed by atoms with van der Waals surface area (Å²) >= 11 is 0. The average molecular weight is 233 g/mol. The van der Waals surface area contributed by atoms with Crippen LogP contribution in [0.15, 0.2) is 18.2 Å². The zero-order valence-electron chi connectivity index (χ0n) is 11.2. The maximum Gasteiger partial charge on any atom is 0.119 e. The van der Waals surface area contributed by atoms with Crippen LogP contribution >= 0.6 is 0 Å². The van der Waals surface area contributed by atoms with Gasteiger partial charge in [0.25, 0.3) is 0 Å². The topological polar surface area (TPSA) is 21.3 Å². The van der Waals surface area contributed by atoms with Crippen LogP contribution < -0.4 is 10.1 Å². The normalized spacial score (nSPS) is 23.9. The van der Waals surface area contributed by atoms with Crippen molar-refractivity contribution in [1.82, 2.24) is 5.32 Å². The Morgan fingerprint density at radius 2 is 2.24 bits per heavy atom. The zero-order chi connectivity index (χ0) is 12.3. The lowest BCUT2D eigenvalue weighted by Gasteiger charge is -2.31. The Hall–Kier alpha value is -1.02. The highest BCUT2D eigenvalue weighted by Gasteiger charge is 2.35. The summed E-state index contributed by atoms with van der Waals surface area (Å²) in [6.45, 7) is 5.60. The molecular weight excluding hydrogens is 210 g/mol. The van der Waals surface area contributed by atoms with Crippen LogP contribution in [-0.4, -0.2) is 13.7 Å². The molecule has 1 unspecified atom stereocenters. The van der Waals surface area contributed by atoms with Gasteiger partial charge in [0.15, 0.2) is 0 Å². The summed E-state index contributed by atoms with van der Waals surface area (Å²) in [5.41, 5.74) is 3.01. The Labute approximate surface area is 104 Å². The highest BCUT2D eigenvalue weighted by Crippen LogP contribution is 2.37. The van der Waals surface area contributed by atoms with Gasteiger partial charge in [-0.1, -0.05) is 19.4 Å². The highest BCUT2D eigenvalue weighted by molar-refractivity contribution is 5.39. The van der Waals surface area contributed by atoms with E-state index in [1.165, 1.54) is 36.8 Å². The quantitative estimate of drug-likeness (QED) is 0.860. The molecule has 17 heavy (non-hydrogen) atoms. The molecule has 0 saturated carbocycles. The van der Waals surface area contributed by atoms with Crippen molar-refractivity contribution in [3.63, 3.8) is 0 Å². The van der Waals surface area contributed by atoms with Crippen LogP contribution in [0, 0.1) is 6.92 Å². The SMILES string of the molecule is CCCC1(c2ccc(OC)cc2C)CCCN1. The van der Waals surface area contributed by atoms with Crippen molar-refractivity contribution in [2.75, 3.05) is 13.7 Å². The molecule has 1 N–H and O–H groups in total. The number of benzene rings is 1. The zero-order valence-corrected chi connectivity index (χ0v) is 11.2. The van der Waals surface area contributed by atoms with Gasteiger partial charge in [-0.25, -0.2) is 0 Å². The summed E-state index contributed by atoms with van der Waals surface area (Å²) in [5, 5.41) is 3.72. The van der Waals surface area contributed by atoms with Crippen molar-refractivity contribution in [3.05, 3.63) is 29.3 Å². The molecule has 1 atom stereocenters. The van der Waals surface area contributed by atoms with Gasteiger partial charge < -0.3 is 10.1 Å². The van der Waals surface area contributed by atoms with Crippen LogP contribution in [0.25, 0.3) is 0 Å². The van der Waals surface area contributed by atoms with Crippen LogP contribution in [0.4, 0.5) is 0 Å². The monoisotopic (exact) mass is 233 g/mol. The molecular formula is C15H23NO. The first-order valence-corrected chi connectivity index (χ1v) is 6.62. The minimum Gasteiger partial charge on any atom is -0.497 e. The number of aryl methyl sites for hydroxylation is 1. The summed E-state index contributed by atoms with van der Waals surface area (Å²) in [6, 6.07) is 6.47. The molecule has 2 heteroatoms. The largest absolute Gasteiger partial charge is 0.497 e. The number of rotatable bonds is 4. The van der Waals surface area contributed by atoms with Gasteiger partial charge >= 0.3 is 0 Å². The second-order valence-electron chi connectivity index (χ2n) is 5.04. The molecule has 0 bridgehead atoms. The molecule has 0 amide bonds. The van der Waals surface area contributed by atoms with Gasteiger partial charge in [0.1, 0.15) is 5.75 Å². The minimum absolute atomic E-state index is 0.213. The van der Waals surface area contributed by atoms with E-state index in [-0.39, 0.29) is 5.54 Å². The molecule has 2 nitrogen and oxygen atoms in total. The van der Waals surface area contributed by atoms with Crippen molar-refractivity contribution in [2.24, 2.45) is 0 Å². The minimum atomic E-state index is 0.213. The molecule has 1 heterocycles. The van der Waals surface area contributed by atoms with E-state index >= 15 is 0 Å². The summed E-state index contributed by atoms with van der Waals surface area (Å²) in [6.07, 6.45) is 4.98. The van der Waals surface area contributed by atoms with Crippen molar-refractivity contribution in [1.29, 1.82) is 0 Å². The van der Waals surface area contributed by atoms with Gasteiger partial charge in [-0.15, -0.1) is 0 Å². The third kappa shape index (κ3) is 2.32. The Bertz CT molecular complexity index is 381. The predicted octanol–water partition coefficient (Wildman–Crippen LogP) is 3.38. The van der Waals surface area contributed by atoms with E-state index in [0.717, 1.165) is 12.3 Å². The van der Waals surface area contributed by atoms with Gasteiger partial charge in [0.2, 0.25) is 0 Å². The molecule has 1 saturated heterocycles. The van der Waals surface area contributed by atoms with Crippen molar-refractivity contribution < 1.29 is 4.74 Å². The summed E-state index contributed by atoms with van der Waals surface area (Å²) in [5.74, 6) is 0.955. The molecule has 1 fully saturated rings. The van der Waals surface area contributed by atoms with E-state index in [1.54, 1.807) is 7.11 Å². The third-order valence-electron chi connectivity index (χ3n) is 3.87. The summed E-state index contributed by atoms with van der Waals surface area (Å²) in [7, 11) is 1.73. The van der Waals surface area contributed by atoms with Gasteiger partial charge in [0.05, 0.1) is 7.11 Å². The van der Waals surface area contributed by atoms with Crippen LogP contribution in [0.1, 0.15) is 43.7 Å². The first-order valence-electron chi connectivity index (χ1n) is 6.62. The summed E-state index contributed by atoms with van der Waals surface area (Å²) < 4.78 is 5.29. The smallest absolute Gasteiger partial charge is 0.119 e. The first-order chi connectivity index (χ1) is 8.22. The maximum atomic E-state index is 5.29. The molecule has 0 aliphatic carbocycles. The second kappa shape index (κ2) is 5.09. The van der Waals surface area contributed by atoms with Crippen molar-refractivity contribution in [3.8, 4) is 5.75 Å². The van der Waals surface area contributed by atoms with Gasteiger partial charge in [-0.3, -0.25) is 0 Å². The molecule has 0 spiro atoms. The Morgan fingerprint density at radius 3 is 2.76 bits per heavy atom. The van der Waals surface area contributed by atoms with Crippen LogP contribution in [0.3, 0.4) is 0 Å². The van der Waals surface area contributed by atoms with Gasteiger partial charge in [0, 0.05) is 5.54 Å². The molecule has 94 valence electrons.